The highest BCUT2D eigenvalue weighted by Crippen LogP contribution is 2.13. The number of aromatic nitrogens is 2. The van der Waals surface area contributed by atoms with Crippen LogP contribution in [0.2, 0.25) is 0 Å². The molecule has 3 aromatic rings. The van der Waals surface area contributed by atoms with Crippen molar-refractivity contribution in [3.63, 3.8) is 0 Å². The molecule has 6 nitrogen and oxygen atoms in total. The number of nitrogens with zero attached hydrogens (tertiary/aromatic N) is 3. The molecule has 0 saturated heterocycles. The minimum atomic E-state index is -3.15. The largest absolute Gasteiger partial charge is 0.337 e. The molecule has 146 valence electrons. The van der Waals surface area contributed by atoms with Crippen molar-refractivity contribution in [1.82, 2.24) is 14.7 Å². The second kappa shape index (κ2) is 8.39. The van der Waals surface area contributed by atoms with Crippen LogP contribution in [-0.2, 0) is 28.7 Å². The monoisotopic (exact) mass is 397 g/mol. The Hall–Kier alpha value is -2.93. The van der Waals surface area contributed by atoms with E-state index in [2.05, 4.69) is 5.10 Å². The number of hydrogen-bond donors (Lipinski definition) is 0. The van der Waals surface area contributed by atoms with Crippen LogP contribution in [0.3, 0.4) is 0 Å². The second-order valence-corrected chi connectivity index (χ2v) is 9.10. The molecule has 0 radical (unpaired) electrons. The van der Waals surface area contributed by atoms with Crippen LogP contribution in [0.5, 0.6) is 0 Å². The van der Waals surface area contributed by atoms with Crippen LogP contribution in [0, 0.1) is 0 Å². The molecule has 1 aromatic heterocycles. The van der Waals surface area contributed by atoms with E-state index in [0.29, 0.717) is 24.2 Å². The van der Waals surface area contributed by atoms with Crippen LogP contribution in [0.25, 0.3) is 0 Å². The van der Waals surface area contributed by atoms with E-state index in [1.807, 2.05) is 41.2 Å². The van der Waals surface area contributed by atoms with Gasteiger partial charge in [0.05, 0.1) is 18.5 Å². The highest BCUT2D eigenvalue weighted by atomic mass is 32.2. The minimum absolute atomic E-state index is 0.0793. The Bertz CT molecular complexity index is 1060. The van der Waals surface area contributed by atoms with E-state index < -0.39 is 9.84 Å². The number of benzene rings is 2. The number of carbonyl (C=O) groups is 1. The van der Waals surface area contributed by atoms with Gasteiger partial charge < -0.3 is 4.90 Å². The molecule has 1 heterocycles. The van der Waals surface area contributed by atoms with Crippen LogP contribution < -0.4 is 0 Å². The molecule has 0 atom stereocenters. The van der Waals surface area contributed by atoms with E-state index in [1.165, 1.54) is 6.26 Å². The lowest BCUT2D eigenvalue weighted by Crippen LogP contribution is -2.26. The zero-order chi connectivity index (χ0) is 20.1. The van der Waals surface area contributed by atoms with E-state index in [0.717, 1.165) is 11.1 Å². The van der Waals surface area contributed by atoms with Crippen molar-refractivity contribution in [2.24, 2.45) is 0 Å². The summed E-state index contributed by atoms with van der Waals surface area (Å²) >= 11 is 0. The van der Waals surface area contributed by atoms with Crippen molar-refractivity contribution in [3.05, 3.63) is 89.2 Å². The number of hydrogen-bond acceptors (Lipinski definition) is 4. The fourth-order valence-corrected chi connectivity index (χ4v) is 3.79. The maximum absolute atomic E-state index is 12.7. The minimum Gasteiger partial charge on any atom is -0.337 e. The van der Waals surface area contributed by atoms with Gasteiger partial charge in [-0.3, -0.25) is 9.48 Å². The maximum Gasteiger partial charge on any atom is 0.253 e. The maximum atomic E-state index is 12.7. The normalized spacial score (nSPS) is 11.4. The lowest BCUT2D eigenvalue weighted by atomic mass is 10.1. The topological polar surface area (TPSA) is 72.3 Å². The first kappa shape index (κ1) is 19.8. The lowest BCUT2D eigenvalue weighted by Gasteiger charge is -2.16. The summed E-state index contributed by atoms with van der Waals surface area (Å²) in [6.45, 7) is 1.09. The van der Waals surface area contributed by atoms with Crippen molar-refractivity contribution >= 4 is 15.7 Å². The summed E-state index contributed by atoms with van der Waals surface area (Å²) in [5.41, 5.74) is 3.17. The van der Waals surface area contributed by atoms with Gasteiger partial charge in [0.2, 0.25) is 0 Å². The Morgan fingerprint density at radius 3 is 2.46 bits per heavy atom. The van der Waals surface area contributed by atoms with Crippen LogP contribution >= 0.6 is 0 Å². The van der Waals surface area contributed by atoms with Crippen molar-refractivity contribution in [2.45, 2.75) is 18.8 Å². The van der Waals surface area contributed by atoms with Crippen molar-refractivity contribution in [1.29, 1.82) is 0 Å². The quantitative estimate of drug-likeness (QED) is 0.615. The average Bonchev–Trinajstić information content (AvgIpc) is 3.07. The van der Waals surface area contributed by atoms with Gasteiger partial charge in [-0.05, 0) is 23.3 Å². The summed E-state index contributed by atoms with van der Waals surface area (Å²) in [7, 11) is -1.43. The van der Waals surface area contributed by atoms with Gasteiger partial charge >= 0.3 is 0 Å². The van der Waals surface area contributed by atoms with Gasteiger partial charge in [-0.2, -0.15) is 5.10 Å². The molecule has 7 heteroatoms. The molecule has 0 fully saturated rings. The van der Waals surface area contributed by atoms with Gasteiger partial charge in [0.25, 0.3) is 5.91 Å². The first-order chi connectivity index (χ1) is 13.3. The molecular weight excluding hydrogens is 374 g/mol. The van der Waals surface area contributed by atoms with E-state index in [1.54, 1.807) is 42.4 Å². The van der Waals surface area contributed by atoms with Crippen molar-refractivity contribution in [3.8, 4) is 0 Å². The Labute approximate surface area is 165 Å². The van der Waals surface area contributed by atoms with Crippen molar-refractivity contribution in [2.75, 3.05) is 13.3 Å². The molecule has 2 aromatic carbocycles. The third-order valence-electron chi connectivity index (χ3n) is 4.24. The van der Waals surface area contributed by atoms with Crippen LogP contribution in [0.1, 0.15) is 27.0 Å². The van der Waals surface area contributed by atoms with Gasteiger partial charge in [0.1, 0.15) is 0 Å². The predicted octanol–water partition coefficient (Wildman–Crippen LogP) is 2.75. The first-order valence-corrected chi connectivity index (χ1v) is 10.9. The highest BCUT2D eigenvalue weighted by Gasteiger charge is 2.14. The predicted molar refractivity (Wildman–Crippen MR) is 109 cm³/mol. The van der Waals surface area contributed by atoms with Gasteiger partial charge in [-0.25, -0.2) is 8.42 Å². The van der Waals surface area contributed by atoms with Gasteiger partial charge in [-0.1, -0.05) is 42.5 Å². The molecule has 0 aliphatic rings. The Morgan fingerprint density at radius 2 is 1.75 bits per heavy atom. The lowest BCUT2D eigenvalue weighted by molar-refractivity contribution is 0.0785. The molecule has 28 heavy (non-hydrogen) atoms. The Balaban J connectivity index is 1.65. The zero-order valence-electron chi connectivity index (χ0n) is 15.9. The number of rotatable bonds is 7. The van der Waals surface area contributed by atoms with E-state index >= 15 is 0 Å². The fourth-order valence-electron chi connectivity index (χ4n) is 3.01. The molecule has 0 spiro atoms. The third kappa shape index (κ3) is 5.53. The summed E-state index contributed by atoms with van der Waals surface area (Å²) < 4.78 is 24.8. The molecule has 0 N–H and O–H groups in total. The van der Waals surface area contributed by atoms with Crippen LogP contribution in [-0.4, -0.2) is 42.3 Å². The van der Waals surface area contributed by atoms with Crippen LogP contribution in [0.4, 0.5) is 0 Å². The summed E-state index contributed by atoms with van der Waals surface area (Å²) in [5.74, 6) is -0.240. The Kier molecular flexibility index (Phi) is 5.94. The number of carbonyl (C=O) groups excluding carboxylic acids is 1. The van der Waals surface area contributed by atoms with Gasteiger partial charge in [0.15, 0.2) is 9.84 Å². The highest BCUT2D eigenvalue weighted by molar-refractivity contribution is 7.89. The Morgan fingerprint density at radius 1 is 1.04 bits per heavy atom. The van der Waals surface area contributed by atoms with Gasteiger partial charge in [-0.15, -0.1) is 0 Å². The van der Waals surface area contributed by atoms with E-state index in [9.17, 15) is 13.2 Å². The number of amides is 1. The molecule has 0 unspecified atom stereocenters. The van der Waals surface area contributed by atoms with Crippen molar-refractivity contribution < 1.29 is 13.2 Å². The standard InChI is InChI=1S/C21H23N3O3S/c1-23(21(25)20-10-6-9-18(11-20)16-28(2,26)27)13-19-12-22-24(15-19)14-17-7-4-3-5-8-17/h3-12,15H,13-14,16H2,1-2H3. The van der Waals surface area contributed by atoms with Crippen LogP contribution in [0.15, 0.2) is 67.0 Å². The van der Waals surface area contributed by atoms with Gasteiger partial charge in [0, 0.05) is 37.2 Å². The summed E-state index contributed by atoms with van der Waals surface area (Å²) in [4.78, 5) is 14.3. The molecule has 3 rings (SSSR count). The summed E-state index contributed by atoms with van der Waals surface area (Å²) in [6, 6.07) is 16.8. The average molecular weight is 398 g/mol. The van der Waals surface area contributed by atoms with E-state index in [4.69, 9.17) is 0 Å². The third-order valence-corrected chi connectivity index (χ3v) is 5.10. The SMILES string of the molecule is CN(Cc1cnn(Cc2ccccc2)c1)C(=O)c1cccc(CS(C)(=O)=O)c1. The molecule has 1 amide bonds. The molecule has 0 bridgehead atoms. The molecule has 0 saturated carbocycles. The zero-order valence-corrected chi connectivity index (χ0v) is 16.8. The summed E-state index contributed by atoms with van der Waals surface area (Å²) in [6.07, 6.45) is 4.87. The molecule has 0 aliphatic carbocycles. The second-order valence-electron chi connectivity index (χ2n) is 6.96. The molecule has 0 aliphatic heterocycles. The first-order valence-electron chi connectivity index (χ1n) is 8.87. The number of sulfone groups is 1. The summed E-state index contributed by atoms with van der Waals surface area (Å²) in [5, 5.41) is 4.36. The molecular formula is C21H23N3O3S. The van der Waals surface area contributed by atoms with E-state index in [-0.39, 0.29) is 11.7 Å². The smallest absolute Gasteiger partial charge is 0.253 e. The fraction of sp³-hybridized carbons (Fsp3) is 0.238.